The summed E-state index contributed by atoms with van der Waals surface area (Å²) in [6.07, 6.45) is 1.23. The minimum Gasteiger partial charge on any atom is -0.493 e. The van der Waals surface area contributed by atoms with Crippen molar-refractivity contribution in [1.82, 2.24) is 9.55 Å². The molecule has 1 aliphatic rings. The highest BCUT2D eigenvalue weighted by Gasteiger charge is 2.15. The van der Waals surface area contributed by atoms with Crippen LogP contribution in [-0.4, -0.2) is 27.7 Å². The molecule has 0 saturated carbocycles. The maximum atomic E-state index is 12.2. The van der Waals surface area contributed by atoms with Crippen LogP contribution in [0.25, 0.3) is 5.69 Å². The number of H-pyrrole nitrogens is 1. The molecule has 2 N–H and O–H groups in total. The molecule has 4 rings (SSSR count). The highest BCUT2D eigenvalue weighted by Crippen LogP contribution is 2.32. The molecule has 0 fully saturated rings. The third-order valence-corrected chi connectivity index (χ3v) is 4.87. The second-order valence-electron chi connectivity index (χ2n) is 6.42. The first-order chi connectivity index (χ1) is 13.9. The van der Waals surface area contributed by atoms with Gasteiger partial charge in [-0.05, 0) is 42.3 Å². The van der Waals surface area contributed by atoms with Crippen LogP contribution in [0, 0.1) is 6.92 Å². The van der Waals surface area contributed by atoms with Gasteiger partial charge >= 0.3 is 5.69 Å². The molecule has 0 amide bonds. The zero-order chi connectivity index (χ0) is 20.5. The first kappa shape index (κ1) is 18.8. The molecular weight excluding hydrogens is 398 g/mol. The molecule has 0 bridgehead atoms. The Balaban J connectivity index is 1.67. The first-order valence-electron chi connectivity index (χ1n) is 8.67. The molecule has 148 valence electrons. The largest absolute Gasteiger partial charge is 0.493 e. The van der Waals surface area contributed by atoms with Crippen molar-refractivity contribution >= 4 is 17.8 Å². The monoisotopic (exact) mass is 413 g/mol. The van der Waals surface area contributed by atoms with E-state index < -0.39 is 17.1 Å². The van der Waals surface area contributed by atoms with Crippen LogP contribution < -0.4 is 20.7 Å². The second-order valence-corrected chi connectivity index (χ2v) is 6.83. The van der Waals surface area contributed by atoms with E-state index in [2.05, 4.69) is 9.98 Å². The Morgan fingerprint density at radius 2 is 2.00 bits per heavy atom. The minimum atomic E-state index is -0.777. The molecule has 0 unspecified atom stereocenters. The number of rotatable bonds is 4. The molecule has 9 heteroatoms. The van der Waals surface area contributed by atoms with Gasteiger partial charge in [-0.25, -0.2) is 9.36 Å². The maximum absolute atomic E-state index is 12.2. The number of aromatic amines is 1. The van der Waals surface area contributed by atoms with E-state index >= 15 is 0 Å². The summed E-state index contributed by atoms with van der Waals surface area (Å²) in [7, 11) is 0. The molecule has 3 aromatic rings. The summed E-state index contributed by atoms with van der Waals surface area (Å²) in [6, 6.07) is 10.3. The standard InChI is InChI=1S/C20H16ClN3O5/c1-11-2-4-13(7-15(11)21)24-19(26)14(18(25)23-20(24)27)9-22-8-12-3-5-16-17(6-12)29-10-28-16/h2-7,9,26H,8,10H2,1H3,(H,23,25,27). The molecule has 8 nitrogen and oxygen atoms in total. The van der Waals surface area contributed by atoms with Crippen molar-refractivity contribution in [3.63, 3.8) is 0 Å². The van der Waals surface area contributed by atoms with Crippen molar-refractivity contribution in [2.45, 2.75) is 13.5 Å². The number of aromatic nitrogens is 2. The Kier molecular flexibility index (Phi) is 4.85. The summed E-state index contributed by atoms with van der Waals surface area (Å²) < 4.78 is 11.5. The van der Waals surface area contributed by atoms with Crippen LogP contribution in [0.1, 0.15) is 16.7 Å². The van der Waals surface area contributed by atoms with Crippen LogP contribution in [0.15, 0.2) is 51.0 Å². The lowest BCUT2D eigenvalue weighted by atomic mass is 10.2. The zero-order valence-corrected chi connectivity index (χ0v) is 16.1. The number of ether oxygens (including phenoxy) is 2. The highest BCUT2D eigenvalue weighted by molar-refractivity contribution is 6.31. The van der Waals surface area contributed by atoms with Crippen LogP contribution in [0.3, 0.4) is 0 Å². The van der Waals surface area contributed by atoms with Crippen molar-refractivity contribution in [2.75, 3.05) is 6.79 Å². The van der Waals surface area contributed by atoms with Crippen LogP contribution in [-0.2, 0) is 6.54 Å². The van der Waals surface area contributed by atoms with Crippen molar-refractivity contribution in [3.05, 3.63) is 78.9 Å². The first-order valence-corrected chi connectivity index (χ1v) is 9.05. The molecule has 29 heavy (non-hydrogen) atoms. The van der Waals surface area contributed by atoms with E-state index in [0.717, 1.165) is 15.7 Å². The summed E-state index contributed by atoms with van der Waals surface area (Å²) in [6.45, 7) is 2.23. The summed E-state index contributed by atoms with van der Waals surface area (Å²) >= 11 is 6.12. The number of halogens is 1. The molecule has 1 aromatic heterocycles. The quantitative estimate of drug-likeness (QED) is 0.639. The maximum Gasteiger partial charge on any atom is 0.335 e. The highest BCUT2D eigenvalue weighted by atomic mass is 35.5. The fourth-order valence-electron chi connectivity index (χ4n) is 2.90. The minimum absolute atomic E-state index is 0.137. The van der Waals surface area contributed by atoms with Gasteiger partial charge in [0.2, 0.25) is 12.7 Å². The molecule has 0 saturated heterocycles. The number of aryl methyl sites for hydroxylation is 1. The van der Waals surface area contributed by atoms with E-state index in [1.165, 1.54) is 12.3 Å². The summed E-state index contributed by atoms with van der Waals surface area (Å²) in [5.41, 5.74) is 0.321. The summed E-state index contributed by atoms with van der Waals surface area (Å²) in [5.74, 6) is 0.770. The average molecular weight is 414 g/mol. The van der Waals surface area contributed by atoms with Crippen molar-refractivity contribution in [2.24, 2.45) is 4.99 Å². The predicted molar refractivity (Wildman–Crippen MR) is 108 cm³/mol. The van der Waals surface area contributed by atoms with Gasteiger partial charge in [-0.3, -0.25) is 14.8 Å². The van der Waals surface area contributed by atoms with Gasteiger partial charge < -0.3 is 14.6 Å². The number of hydrogen-bond donors (Lipinski definition) is 2. The molecule has 2 aromatic carbocycles. The van der Waals surface area contributed by atoms with Crippen molar-refractivity contribution < 1.29 is 14.6 Å². The Morgan fingerprint density at radius 3 is 2.79 bits per heavy atom. The van der Waals surface area contributed by atoms with Gasteiger partial charge in [-0.1, -0.05) is 23.7 Å². The van der Waals surface area contributed by atoms with Crippen molar-refractivity contribution in [1.29, 1.82) is 0 Å². The number of nitrogens with zero attached hydrogens (tertiary/aromatic N) is 2. The molecule has 0 radical (unpaired) electrons. The average Bonchev–Trinajstić information content (AvgIpc) is 3.15. The van der Waals surface area contributed by atoms with Gasteiger partial charge in [0.15, 0.2) is 11.5 Å². The Hall–Kier alpha value is -3.52. The smallest absolute Gasteiger partial charge is 0.335 e. The summed E-state index contributed by atoms with van der Waals surface area (Å²) in [5, 5.41) is 11.0. The fourth-order valence-corrected chi connectivity index (χ4v) is 3.07. The lowest BCUT2D eigenvalue weighted by Crippen LogP contribution is -2.31. The second kappa shape index (κ2) is 7.48. The van der Waals surface area contributed by atoms with Gasteiger partial charge in [0, 0.05) is 11.2 Å². The van der Waals surface area contributed by atoms with E-state index in [1.54, 1.807) is 24.3 Å². The van der Waals surface area contributed by atoms with E-state index in [9.17, 15) is 14.7 Å². The number of aliphatic imine (C=N–C) groups is 1. The fraction of sp³-hybridized carbons (Fsp3) is 0.150. The normalized spacial score (nSPS) is 12.6. The molecule has 0 aliphatic carbocycles. The number of nitrogens with one attached hydrogen (secondary N) is 1. The molecule has 1 aliphatic heterocycles. The lowest BCUT2D eigenvalue weighted by molar-refractivity contribution is 0.174. The molecule has 0 atom stereocenters. The van der Waals surface area contributed by atoms with Crippen LogP contribution >= 0.6 is 11.6 Å². The predicted octanol–water partition coefficient (Wildman–Crippen LogP) is 2.54. The third-order valence-electron chi connectivity index (χ3n) is 4.47. The van der Waals surface area contributed by atoms with E-state index in [-0.39, 0.29) is 18.9 Å². The SMILES string of the molecule is Cc1ccc(-n2c(O)c(C=NCc3ccc4c(c3)OCO4)c(=O)[nH]c2=O)cc1Cl. The van der Waals surface area contributed by atoms with Crippen LogP contribution in [0.2, 0.25) is 5.02 Å². The number of hydrogen-bond acceptors (Lipinski definition) is 6. The van der Waals surface area contributed by atoms with Gasteiger partial charge in [-0.15, -0.1) is 0 Å². The van der Waals surface area contributed by atoms with Crippen LogP contribution in [0.5, 0.6) is 17.4 Å². The van der Waals surface area contributed by atoms with Gasteiger partial charge in [0.25, 0.3) is 5.56 Å². The van der Waals surface area contributed by atoms with E-state index in [4.69, 9.17) is 21.1 Å². The lowest BCUT2D eigenvalue weighted by Gasteiger charge is -2.10. The van der Waals surface area contributed by atoms with Gasteiger partial charge in [0.1, 0.15) is 5.56 Å². The van der Waals surface area contributed by atoms with Crippen molar-refractivity contribution in [3.8, 4) is 23.1 Å². The zero-order valence-electron chi connectivity index (χ0n) is 15.3. The number of benzene rings is 2. The Morgan fingerprint density at radius 1 is 1.21 bits per heavy atom. The molecular formula is C20H16ClN3O5. The van der Waals surface area contributed by atoms with Gasteiger partial charge in [-0.2, -0.15) is 0 Å². The molecule has 0 spiro atoms. The summed E-state index contributed by atoms with van der Waals surface area (Å²) in [4.78, 5) is 30.8. The third kappa shape index (κ3) is 3.62. The number of fused-ring (bicyclic) bond motifs is 1. The topological polar surface area (TPSA) is 106 Å². The Bertz CT molecular complexity index is 1250. The van der Waals surface area contributed by atoms with Crippen LogP contribution in [0.4, 0.5) is 0 Å². The Labute approximate surface area is 169 Å². The van der Waals surface area contributed by atoms with E-state index in [1.807, 2.05) is 13.0 Å². The number of aromatic hydroxyl groups is 1. The van der Waals surface area contributed by atoms with E-state index in [0.29, 0.717) is 22.2 Å². The molecule has 2 heterocycles. The van der Waals surface area contributed by atoms with Gasteiger partial charge in [0.05, 0.1) is 12.2 Å².